The third-order valence-corrected chi connectivity index (χ3v) is 2.91. The summed E-state index contributed by atoms with van der Waals surface area (Å²) in [6, 6.07) is 7.46. The Labute approximate surface area is 92.7 Å². The number of carbonyl (C=O) groups is 1. The van der Waals surface area contributed by atoms with Gasteiger partial charge in [-0.1, -0.05) is 12.1 Å². The molecular weight excluding hydrogens is 202 g/mol. The van der Waals surface area contributed by atoms with Gasteiger partial charge in [0, 0.05) is 17.8 Å². The molecule has 4 heteroatoms. The fourth-order valence-electron chi connectivity index (χ4n) is 2.00. The monoisotopic (exact) mass is 213 g/mol. The van der Waals surface area contributed by atoms with Crippen molar-refractivity contribution in [3.05, 3.63) is 36.7 Å². The number of nitrogens with two attached hydrogens (primary N) is 1. The molecule has 3 rings (SSSR count). The van der Waals surface area contributed by atoms with Crippen LogP contribution in [0.5, 0.6) is 0 Å². The molecule has 1 amide bonds. The van der Waals surface area contributed by atoms with Crippen molar-refractivity contribution in [1.29, 1.82) is 0 Å². The van der Waals surface area contributed by atoms with Crippen molar-refractivity contribution in [2.75, 3.05) is 11.4 Å². The van der Waals surface area contributed by atoms with Gasteiger partial charge in [0.1, 0.15) is 6.04 Å². The maximum atomic E-state index is 11.6. The summed E-state index contributed by atoms with van der Waals surface area (Å²) >= 11 is 0. The molecule has 1 atom stereocenters. The molecule has 4 nitrogen and oxygen atoms in total. The molecule has 2 heterocycles. The molecule has 0 spiro atoms. The van der Waals surface area contributed by atoms with Gasteiger partial charge in [0.25, 0.3) is 0 Å². The largest absolute Gasteiger partial charge is 0.318 e. The molecule has 80 valence electrons. The number of hydrogen-bond acceptors (Lipinski definition) is 3. The van der Waals surface area contributed by atoms with Gasteiger partial charge in [-0.15, -0.1) is 0 Å². The van der Waals surface area contributed by atoms with Gasteiger partial charge in [-0.2, -0.15) is 0 Å². The second kappa shape index (κ2) is 3.28. The van der Waals surface area contributed by atoms with Gasteiger partial charge in [-0.05, 0) is 17.5 Å². The van der Waals surface area contributed by atoms with E-state index in [1.54, 1.807) is 17.3 Å². The number of anilines is 1. The quantitative estimate of drug-likeness (QED) is 0.716. The van der Waals surface area contributed by atoms with E-state index in [2.05, 4.69) is 4.98 Å². The number of carbonyl (C=O) groups excluding carboxylic acids is 1. The van der Waals surface area contributed by atoms with Gasteiger partial charge >= 0.3 is 0 Å². The standard InChI is InChI=1S/C12H11N3O/c13-10-7-15(12(10)16)11-3-1-2-8-4-5-14-6-9(8)11/h1-6,10H,7,13H2. The molecule has 1 aromatic heterocycles. The van der Waals surface area contributed by atoms with E-state index in [0.29, 0.717) is 6.54 Å². The number of fused-ring (bicyclic) bond motifs is 1. The highest BCUT2D eigenvalue weighted by Crippen LogP contribution is 2.29. The van der Waals surface area contributed by atoms with Crippen LogP contribution in [0.2, 0.25) is 0 Å². The Morgan fingerprint density at radius 1 is 1.38 bits per heavy atom. The Balaban J connectivity index is 2.14. The molecule has 0 radical (unpaired) electrons. The lowest BCUT2D eigenvalue weighted by Gasteiger charge is -2.36. The lowest BCUT2D eigenvalue weighted by molar-refractivity contribution is -0.123. The van der Waals surface area contributed by atoms with Crippen molar-refractivity contribution >= 4 is 22.4 Å². The first-order valence-corrected chi connectivity index (χ1v) is 5.17. The SMILES string of the molecule is NC1CN(c2cccc3ccncc23)C1=O. The first-order valence-electron chi connectivity index (χ1n) is 5.17. The number of benzene rings is 1. The molecular formula is C12H11N3O. The normalized spacial score (nSPS) is 19.9. The highest BCUT2D eigenvalue weighted by atomic mass is 16.2. The van der Waals surface area contributed by atoms with Crippen LogP contribution in [-0.4, -0.2) is 23.5 Å². The third kappa shape index (κ3) is 1.20. The fraction of sp³-hybridized carbons (Fsp3) is 0.167. The van der Waals surface area contributed by atoms with Crippen LogP contribution in [0, 0.1) is 0 Å². The second-order valence-electron chi connectivity index (χ2n) is 3.93. The zero-order chi connectivity index (χ0) is 11.1. The summed E-state index contributed by atoms with van der Waals surface area (Å²) in [5.74, 6) is -0.0173. The van der Waals surface area contributed by atoms with Crippen LogP contribution >= 0.6 is 0 Å². The number of hydrogen-bond donors (Lipinski definition) is 1. The van der Waals surface area contributed by atoms with E-state index >= 15 is 0 Å². The molecule has 0 bridgehead atoms. The van der Waals surface area contributed by atoms with E-state index in [1.807, 2.05) is 24.3 Å². The first kappa shape index (κ1) is 9.30. The minimum absolute atomic E-state index is 0.0173. The summed E-state index contributed by atoms with van der Waals surface area (Å²) in [4.78, 5) is 17.4. The molecule has 1 unspecified atom stereocenters. The average Bonchev–Trinajstić information content (AvgIpc) is 2.35. The number of amides is 1. The Morgan fingerprint density at radius 2 is 2.25 bits per heavy atom. The predicted molar refractivity (Wildman–Crippen MR) is 62.1 cm³/mol. The van der Waals surface area contributed by atoms with E-state index in [-0.39, 0.29) is 11.9 Å². The Hall–Kier alpha value is -1.94. The molecule has 0 saturated carbocycles. The van der Waals surface area contributed by atoms with E-state index in [0.717, 1.165) is 16.5 Å². The lowest BCUT2D eigenvalue weighted by Crippen LogP contribution is -2.61. The van der Waals surface area contributed by atoms with E-state index < -0.39 is 0 Å². The van der Waals surface area contributed by atoms with Gasteiger partial charge in [-0.3, -0.25) is 9.78 Å². The highest BCUT2D eigenvalue weighted by Gasteiger charge is 2.35. The topological polar surface area (TPSA) is 59.2 Å². The molecule has 16 heavy (non-hydrogen) atoms. The van der Waals surface area contributed by atoms with Crippen molar-refractivity contribution in [1.82, 2.24) is 4.98 Å². The summed E-state index contributed by atoms with van der Waals surface area (Å²) in [6.07, 6.45) is 3.53. The van der Waals surface area contributed by atoms with E-state index in [4.69, 9.17) is 5.73 Å². The summed E-state index contributed by atoms with van der Waals surface area (Å²) in [5, 5.41) is 2.08. The Bertz CT molecular complexity index is 562. The van der Waals surface area contributed by atoms with Crippen LogP contribution in [0.3, 0.4) is 0 Å². The molecule has 1 fully saturated rings. The minimum atomic E-state index is -0.341. The Kier molecular flexibility index (Phi) is 1.91. The highest BCUT2D eigenvalue weighted by molar-refractivity contribution is 6.09. The Morgan fingerprint density at radius 3 is 3.00 bits per heavy atom. The molecule has 1 aromatic carbocycles. The summed E-state index contributed by atoms with van der Waals surface area (Å²) in [7, 11) is 0. The van der Waals surface area contributed by atoms with Gasteiger partial charge in [0.05, 0.1) is 12.2 Å². The maximum Gasteiger partial charge on any atom is 0.245 e. The molecule has 1 saturated heterocycles. The number of nitrogens with zero attached hydrogens (tertiary/aromatic N) is 2. The summed E-state index contributed by atoms with van der Waals surface area (Å²) in [5.41, 5.74) is 6.49. The molecule has 0 aliphatic carbocycles. The van der Waals surface area contributed by atoms with Gasteiger partial charge in [0.2, 0.25) is 5.91 Å². The number of β-lactam (4-membered cyclic amide) rings is 1. The van der Waals surface area contributed by atoms with Gasteiger partial charge in [-0.25, -0.2) is 0 Å². The van der Waals surface area contributed by atoms with Crippen LogP contribution in [0.15, 0.2) is 36.7 Å². The third-order valence-electron chi connectivity index (χ3n) is 2.91. The second-order valence-corrected chi connectivity index (χ2v) is 3.93. The van der Waals surface area contributed by atoms with Crippen molar-refractivity contribution in [2.45, 2.75) is 6.04 Å². The lowest BCUT2D eigenvalue weighted by atomic mass is 10.0. The summed E-state index contributed by atoms with van der Waals surface area (Å²) < 4.78 is 0. The molecule has 1 aliphatic rings. The van der Waals surface area contributed by atoms with Crippen LogP contribution in [-0.2, 0) is 4.79 Å². The van der Waals surface area contributed by atoms with Crippen LogP contribution < -0.4 is 10.6 Å². The number of rotatable bonds is 1. The average molecular weight is 213 g/mol. The molecule has 1 aliphatic heterocycles. The zero-order valence-corrected chi connectivity index (χ0v) is 8.63. The van der Waals surface area contributed by atoms with Gasteiger partial charge in [0.15, 0.2) is 0 Å². The predicted octanol–water partition coefficient (Wildman–Crippen LogP) is 0.909. The minimum Gasteiger partial charge on any atom is -0.318 e. The number of pyridine rings is 1. The fourth-order valence-corrected chi connectivity index (χ4v) is 2.00. The molecule has 2 aromatic rings. The van der Waals surface area contributed by atoms with Crippen LogP contribution in [0.4, 0.5) is 5.69 Å². The van der Waals surface area contributed by atoms with Crippen LogP contribution in [0.1, 0.15) is 0 Å². The number of aromatic nitrogens is 1. The van der Waals surface area contributed by atoms with Crippen molar-refractivity contribution < 1.29 is 4.79 Å². The van der Waals surface area contributed by atoms with Crippen molar-refractivity contribution in [3.63, 3.8) is 0 Å². The smallest absolute Gasteiger partial charge is 0.245 e. The van der Waals surface area contributed by atoms with E-state index in [9.17, 15) is 4.79 Å². The molecule has 2 N–H and O–H groups in total. The maximum absolute atomic E-state index is 11.6. The van der Waals surface area contributed by atoms with Gasteiger partial charge < -0.3 is 10.6 Å². The van der Waals surface area contributed by atoms with Crippen molar-refractivity contribution in [3.8, 4) is 0 Å². The first-order chi connectivity index (χ1) is 7.77. The summed E-state index contributed by atoms with van der Waals surface area (Å²) in [6.45, 7) is 0.590. The van der Waals surface area contributed by atoms with E-state index in [1.165, 1.54) is 0 Å². The zero-order valence-electron chi connectivity index (χ0n) is 8.63. The van der Waals surface area contributed by atoms with Crippen molar-refractivity contribution in [2.24, 2.45) is 5.73 Å². The van der Waals surface area contributed by atoms with Crippen LogP contribution in [0.25, 0.3) is 10.8 Å².